The van der Waals surface area contributed by atoms with E-state index in [0.29, 0.717) is 0 Å². The van der Waals surface area contributed by atoms with Crippen molar-refractivity contribution in [3.05, 3.63) is 12.2 Å². The Morgan fingerprint density at radius 2 is 2.18 bits per heavy atom. The number of rotatable bonds is 6. The molecule has 1 nitrogen and oxygen atoms in total. The van der Waals surface area contributed by atoms with Gasteiger partial charge in [-0.05, 0) is 38.8 Å². The third-order valence-electron chi connectivity index (χ3n) is 2.04. The number of nitrogens with one attached hydrogen (secondary N) is 1. The molecule has 0 fully saturated rings. The highest BCUT2D eigenvalue weighted by molar-refractivity contribution is 4.92. The van der Waals surface area contributed by atoms with Crippen molar-refractivity contribution in [2.75, 3.05) is 13.6 Å². The van der Waals surface area contributed by atoms with Gasteiger partial charge in [0.05, 0.1) is 0 Å². The summed E-state index contributed by atoms with van der Waals surface area (Å²) in [4.78, 5) is 0. The van der Waals surface area contributed by atoms with E-state index in [1.165, 1.54) is 18.4 Å². The lowest BCUT2D eigenvalue weighted by molar-refractivity contribution is 0.501. The van der Waals surface area contributed by atoms with Crippen LogP contribution in [0.3, 0.4) is 0 Å². The highest BCUT2D eigenvalue weighted by Gasteiger charge is 2.00. The lowest BCUT2D eigenvalue weighted by atomic mass is 10.0. The summed E-state index contributed by atoms with van der Waals surface area (Å²) in [5.74, 6) is 0.781. The van der Waals surface area contributed by atoms with Crippen molar-refractivity contribution in [2.24, 2.45) is 5.92 Å². The summed E-state index contributed by atoms with van der Waals surface area (Å²) in [5.41, 5.74) is 1.38. The van der Waals surface area contributed by atoms with E-state index in [1.807, 2.05) is 7.05 Å². The van der Waals surface area contributed by atoms with Gasteiger partial charge in [-0.2, -0.15) is 0 Å². The van der Waals surface area contributed by atoms with Gasteiger partial charge in [-0.25, -0.2) is 0 Å². The van der Waals surface area contributed by atoms with Crippen LogP contribution < -0.4 is 5.32 Å². The van der Waals surface area contributed by atoms with Crippen LogP contribution in [0.25, 0.3) is 0 Å². The van der Waals surface area contributed by atoms with Crippen LogP contribution in [0.5, 0.6) is 0 Å². The molecule has 0 aliphatic rings. The van der Waals surface area contributed by atoms with Gasteiger partial charge >= 0.3 is 0 Å². The Hall–Kier alpha value is -0.300. The van der Waals surface area contributed by atoms with Crippen LogP contribution in [-0.2, 0) is 0 Å². The predicted octanol–water partition coefficient (Wildman–Crippen LogP) is 2.59. The van der Waals surface area contributed by atoms with Crippen molar-refractivity contribution in [1.82, 2.24) is 5.32 Å². The van der Waals surface area contributed by atoms with Gasteiger partial charge in [-0.1, -0.05) is 26.0 Å². The molecule has 0 saturated carbocycles. The highest BCUT2D eigenvalue weighted by atomic mass is 14.8. The average molecular weight is 155 g/mol. The lowest BCUT2D eigenvalue weighted by Gasteiger charge is -2.10. The summed E-state index contributed by atoms with van der Waals surface area (Å²) in [6, 6.07) is 0. The zero-order chi connectivity index (χ0) is 8.69. The van der Waals surface area contributed by atoms with E-state index >= 15 is 0 Å². The topological polar surface area (TPSA) is 12.0 Å². The summed E-state index contributed by atoms with van der Waals surface area (Å²) in [7, 11) is 2.01. The van der Waals surface area contributed by atoms with E-state index in [1.54, 1.807) is 0 Å². The van der Waals surface area contributed by atoms with Crippen LogP contribution in [0.2, 0.25) is 0 Å². The first-order valence-corrected chi connectivity index (χ1v) is 4.52. The molecule has 1 N–H and O–H groups in total. The fraction of sp³-hybridized carbons (Fsp3) is 0.800. The molecule has 1 heteroatoms. The molecule has 1 atom stereocenters. The molecule has 0 heterocycles. The monoisotopic (exact) mass is 155 g/mol. The third kappa shape index (κ3) is 6.11. The van der Waals surface area contributed by atoms with E-state index in [0.717, 1.165) is 18.9 Å². The molecular weight excluding hydrogens is 134 g/mol. The smallest absolute Gasteiger partial charge is 0.00260 e. The molecule has 0 saturated heterocycles. The lowest BCUT2D eigenvalue weighted by Crippen LogP contribution is -2.16. The number of hydrogen-bond acceptors (Lipinski definition) is 1. The third-order valence-corrected chi connectivity index (χ3v) is 2.04. The van der Waals surface area contributed by atoms with Crippen molar-refractivity contribution in [2.45, 2.75) is 33.1 Å². The summed E-state index contributed by atoms with van der Waals surface area (Å²) in [6.45, 7) is 9.56. The summed E-state index contributed by atoms with van der Waals surface area (Å²) in [5, 5.41) is 3.18. The molecule has 0 spiro atoms. The van der Waals surface area contributed by atoms with Crippen LogP contribution in [0, 0.1) is 5.92 Å². The van der Waals surface area contributed by atoms with Crippen LogP contribution >= 0.6 is 0 Å². The van der Waals surface area contributed by atoms with Crippen LogP contribution in [0.4, 0.5) is 0 Å². The minimum Gasteiger partial charge on any atom is -0.319 e. The molecule has 0 rings (SSSR count). The van der Waals surface area contributed by atoms with Crippen LogP contribution in [-0.4, -0.2) is 13.6 Å². The summed E-state index contributed by atoms with van der Waals surface area (Å²) >= 11 is 0. The summed E-state index contributed by atoms with van der Waals surface area (Å²) < 4.78 is 0. The van der Waals surface area contributed by atoms with Crippen molar-refractivity contribution in [3.8, 4) is 0 Å². The van der Waals surface area contributed by atoms with Gasteiger partial charge in [0.1, 0.15) is 0 Å². The molecule has 0 aromatic heterocycles. The van der Waals surface area contributed by atoms with Crippen molar-refractivity contribution in [3.63, 3.8) is 0 Å². The normalized spacial score (nSPS) is 13.0. The fourth-order valence-corrected chi connectivity index (χ4v) is 1.08. The van der Waals surface area contributed by atoms with Crippen LogP contribution in [0.1, 0.15) is 33.1 Å². The van der Waals surface area contributed by atoms with E-state index in [9.17, 15) is 0 Å². The molecule has 0 aliphatic heterocycles. The molecule has 11 heavy (non-hydrogen) atoms. The van der Waals surface area contributed by atoms with E-state index in [-0.39, 0.29) is 0 Å². The molecule has 0 aromatic rings. The average Bonchev–Trinajstić information content (AvgIpc) is 2.01. The Kier molecular flexibility index (Phi) is 6.24. The Bertz CT molecular complexity index is 107. The van der Waals surface area contributed by atoms with E-state index in [4.69, 9.17) is 0 Å². The van der Waals surface area contributed by atoms with E-state index in [2.05, 4.69) is 25.7 Å². The summed E-state index contributed by atoms with van der Waals surface area (Å²) in [6.07, 6.45) is 3.60. The minimum atomic E-state index is 0.781. The maximum absolute atomic E-state index is 3.98. The van der Waals surface area contributed by atoms with Gasteiger partial charge in [0.25, 0.3) is 0 Å². The van der Waals surface area contributed by atoms with Gasteiger partial charge in [-0.3, -0.25) is 0 Å². The molecule has 0 bridgehead atoms. The standard InChI is InChI=1S/C10H21N/c1-5-9(2)6-7-10(3)8-11-4/h10-11H,2,5-8H2,1,3-4H3. The predicted molar refractivity (Wildman–Crippen MR) is 51.8 cm³/mol. The van der Waals surface area contributed by atoms with Gasteiger partial charge in [0, 0.05) is 0 Å². The molecule has 66 valence electrons. The Morgan fingerprint density at radius 1 is 1.55 bits per heavy atom. The second-order valence-electron chi connectivity index (χ2n) is 3.31. The first-order valence-electron chi connectivity index (χ1n) is 4.52. The number of hydrogen-bond donors (Lipinski definition) is 1. The molecule has 0 aromatic carbocycles. The van der Waals surface area contributed by atoms with Crippen molar-refractivity contribution in [1.29, 1.82) is 0 Å². The second kappa shape index (κ2) is 6.41. The first-order chi connectivity index (χ1) is 5.20. The number of allylic oxidation sites excluding steroid dienone is 1. The Morgan fingerprint density at radius 3 is 2.64 bits per heavy atom. The maximum atomic E-state index is 3.98. The Labute approximate surface area is 70.9 Å². The molecule has 1 unspecified atom stereocenters. The van der Waals surface area contributed by atoms with Crippen molar-refractivity contribution < 1.29 is 0 Å². The van der Waals surface area contributed by atoms with Gasteiger partial charge in [-0.15, -0.1) is 0 Å². The minimum absolute atomic E-state index is 0.781. The second-order valence-corrected chi connectivity index (χ2v) is 3.31. The SMILES string of the molecule is C=C(CC)CCC(C)CNC. The fourth-order valence-electron chi connectivity index (χ4n) is 1.08. The molecular formula is C10H21N. The van der Waals surface area contributed by atoms with Gasteiger partial charge < -0.3 is 5.32 Å². The van der Waals surface area contributed by atoms with Gasteiger partial charge in [0.2, 0.25) is 0 Å². The molecule has 0 aliphatic carbocycles. The van der Waals surface area contributed by atoms with Gasteiger partial charge in [0.15, 0.2) is 0 Å². The van der Waals surface area contributed by atoms with Crippen LogP contribution in [0.15, 0.2) is 12.2 Å². The quantitative estimate of drug-likeness (QED) is 0.581. The molecule has 0 radical (unpaired) electrons. The zero-order valence-electron chi connectivity index (χ0n) is 8.11. The van der Waals surface area contributed by atoms with Crippen molar-refractivity contribution >= 4 is 0 Å². The van der Waals surface area contributed by atoms with E-state index < -0.39 is 0 Å². The molecule has 0 amide bonds. The highest BCUT2D eigenvalue weighted by Crippen LogP contribution is 2.11. The first kappa shape index (κ1) is 10.7. The zero-order valence-corrected chi connectivity index (χ0v) is 8.11. The maximum Gasteiger partial charge on any atom is -0.00260 e. The largest absolute Gasteiger partial charge is 0.319 e. The Balaban J connectivity index is 3.29.